The van der Waals surface area contributed by atoms with Crippen LogP contribution in [-0.2, 0) is 7.05 Å². The van der Waals surface area contributed by atoms with Crippen LogP contribution >= 0.6 is 38.5 Å². The van der Waals surface area contributed by atoms with Crippen LogP contribution in [0.3, 0.4) is 0 Å². The van der Waals surface area contributed by atoms with Gasteiger partial charge in [0.2, 0.25) is 0 Å². The Kier molecular flexibility index (Phi) is 5.41. The second-order valence-electron chi connectivity index (χ2n) is 4.50. The van der Waals surface area contributed by atoms with E-state index in [0.29, 0.717) is 0 Å². The minimum absolute atomic E-state index is 0.193. The van der Waals surface area contributed by atoms with E-state index in [1.807, 2.05) is 17.9 Å². The maximum Gasteiger partial charge on any atom is 0.0618 e. The Morgan fingerprint density at radius 2 is 2.26 bits per heavy atom. The van der Waals surface area contributed by atoms with Crippen molar-refractivity contribution in [3.8, 4) is 0 Å². The molecule has 0 aliphatic carbocycles. The SMILES string of the molecule is CCCNC(c1cnn(C)c1)c1cc(Br)ccc1I. The van der Waals surface area contributed by atoms with Gasteiger partial charge in [0.1, 0.15) is 0 Å². The van der Waals surface area contributed by atoms with Gasteiger partial charge in [0.05, 0.1) is 12.2 Å². The first kappa shape index (κ1) is 15.0. The van der Waals surface area contributed by atoms with Crippen molar-refractivity contribution in [3.63, 3.8) is 0 Å². The highest BCUT2D eigenvalue weighted by molar-refractivity contribution is 14.1. The van der Waals surface area contributed by atoms with Crippen LogP contribution < -0.4 is 5.32 Å². The quantitative estimate of drug-likeness (QED) is 0.725. The Labute approximate surface area is 136 Å². The summed E-state index contributed by atoms with van der Waals surface area (Å²) >= 11 is 5.95. The molecular weight excluding hydrogens is 417 g/mol. The van der Waals surface area contributed by atoms with Gasteiger partial charge in [0.15, 0.2) is 0 Å². The van der Waals surface area contributed by atoms with Crippen molar-refractivity contribution in [1.82, 2.24) is 15.1 Å². The van der Waals surface area contributed by atoms with Crippen LogP contribution in [0, 0.1) is 3.57 Å². The number of nitrogens with one attached hydrogen (secondary N) is 1. The van der Waals surface area contributed by atoms with Gasteiger partial charge in [-0.1, -0.05) is 22.9 Å². The zero-order valence-corrected chi connectivity index (χ0v) is 14.8. The van der Waals surface area contributed by atoms with Crippen LogP contribution in [0.4, 0.5) is 0 Å². The molecule has 0 aliphatic rings. The van der Waals surface area contributed by atoms with Crippen LogP contribution in [0.1, 0.15) is 30.5 Å². The van der Waals surface area contributed by atoms with Gasteiger partial charge in [-0.2, -0.15) is 5.10 Å². The lowest BCUT2D eigenvalue weighted by molar-refractivity contribution is 0.596. The molecule has 0 spiro atoms. The van der Waals surface area contributed by atoms with Gasteiger partial charge in [-0.3, -0.25) is 4.68 Å². The van der Waals surface area contributed by atoms with E-state index >= 15 is 0 Å². The van der Waals surface area contributed by atoms with E-state index in [-0.39, 0.29) is 6.04 Å². The molecule has 0 bridgehead atoms. The molecule has 1 atom stereocenters. The van der Waals surface area contributed by atoms with Crippen molar-refractivity contribution in [1.29, 1.82) is 0 Å². The fourth-order valence-electron chi connectivity index (χ4n) is 2.02. The number of benzene rings is 1. The third-order valence-corrected chi connectivity index (χ3v) is 4.40. The summed E-state index contributed by atoms with van der Waals surface area (Å²) in [6.45, 7) is 3.17. The molecule has 2 rings (SSSR count). The van der Waals surface area contributed by atoms with Crippen molar-refractivity contribution in [3.05, 3.63) is 49.8 Å². The first-order chi connectivity index (χ1) is 9.11. The number of aromatic nitrogens is 2. The van der Waals surface area contributed by atoms with Crippen molar-refractivity contribution in [2.45, 2.75) is 19.4 Å². The average Bonchev–Trinajstić information content (AvgIpc) is 2.80. The Bertz CT molecular complexity index is 553. The minimum atomic E-state index is 0.193. The second-order valence-corrected chi connectivity index (χ2v) is 6.58. The highest BCUT2D eigenvalue weighted by Gasteiger charge is 2.17. The van der Waals surface area contributed by atoms with Gasteiger partial charge >= 0.3 is 0 Å². The molecule has 0 saturated heterocycles. The molecule has 0 amide bonds. The lowest BCUT2D eigenvalue weighted by atomic mass is 10.0. The van der Waals surface area contributed by atoms with E-state index in [0.717, 1.165) is 17.4 Å². The summed E-state index contributed by atoms with van der Waals surface area (Å²) in [6, 6.07) is 6.59. The molecule has 5 heteroatoms. The number of hydrogen-bond donors (Lipinski definition) is 1. The number of rotatable bonds is 5. The third-order valence-electron chi connectivity index (χ3n) is 2.93. The summed E-state index contributed by atoms with van der Waals surface area (Å²) in [5.74, 6) is 0. The van der Waals surface area contributed by atoms with Crippen molar-refractivity contribution in [2.24, 2.45) is 7.05 Å². The first-order valence-corrected chi connectivity index (χ1v) is 8.16. The summed E-state index contributed by atoms with van der Waals surface area (Å²) in [7, 11) is 1.95. The van der Waals surface area contributed by atoms with E-state index in [2.05, 4.69) is 80.3 Å². The van der Waals surface area contributed by atoms with Gasteiger partial charge in [-0.05, 0) is 59.3 Å². The van der Waals surface area contributed by atoms with Crippen molar-refractivity contribution >= 4 is 38.5 Å². The highest BCUT2D eigenvalue weighted by Crippen LogP contribution is 2.28. The van der Waals surface area contributed by atoms with E-state index in [4.69, 9.17) is 0 Å². The molecule has 1 heterocycles. The smallest absolute Gasteiger partial charge is 0.0618 e. The maximum atomic E-state index is 4.29. The Hall–Kier alpha value is -0.400. The Morgan fingerprint density at radius 3 is 2.89 bits per heavy atom. The van der Waals surface area contributed by atoms with Gasteiger partial charge in [0, 0.05) is 26.9 Å². The molecular formula is C14H17BrIN3. The Morgan fingerprint density at radius 1 is 1.47 bits per heavy atom. The molecule has 1 unspecified atom stereocenters. The van der Waals surface area contributed by atoms with Crippen LogP contribution in [0.2, 0.25) is 0 Å². The molecule has 2 aromatic rings. The van der Waals surface area contributed by atoms with Gasteiger partial charge in [-0.15, -0.1) is 0 Å². The van der Waals surface area contributed by atoms with Crippen LogP contribution in [-0.4, -0.2) is 16.3 Å². The zero-order chi connectivity index (χ0) is 13.8. The first-order valence-electron chi connectivity index (χ1n) is 6.28. The normalized spacial score (nSPS) is 12.6. The fourth-order valence-corrected chi connectivity index (χ4v) is 3.05. The molecule has 0 fully saturated rings. The maximum absolute atomic E-state index is 4.29. The monoisotopic (exact) mass is 433 g/mol. The number of halogens is 2. The van der Waals surface area contributed by atoms with Crippen molar-refractivity contribution < 1.29 is 0 Å². The van der Waals surface area contributed by atoms with Gasteiger partial charge < -0.3 is 5.32 Å². The molecule has 1 aromatic carbocycles. The van der Waals surface area contributed by atoms with E-state index in [9.17, 15) is 0 Å². The summed E-state index contributed by atoms with van der Waals surface area (Å²) in [5, 5.41) is 7.89. The molecule has 1 aromatic heterocycles. The van der Waals surface area contributed by atoms with Gasteiger partial charge in [-0.25, -0.2) is 0 Å². The van der Waals surface area contributed by atoms with Crippen LogP contribution in [0.25, 0.3) is 0 Å². The van der Waals surface area contributed by atoms with Gasteiger partial charge in [0.25, 0.3) is 0 Å². The van der Waals surface area contributed by atoms with E-state index < -0.39 is 0 Å². The molecule has 0 radical (unpaired) electrons. The summed E-state index contributed by atoms with van der Waals surface area (Å²) in [6.07, 6.45) is 5.12. The third kappa shape index (κ3) is 3.79. The van der Waals surface area contributed by atoms with Crippen LogP contribution in [0.5, 0.6) is 0 Å². The lowest BCUT2D eigenvalue weighted by Crippen LogP contribution is -2.23. The summed E-state index contributed by atoms with van der Waals surface area (Å²) in [5.41, 5.74) is 2.49. The fraction of sp³-hybridized carbons (Fsp3) is 0.357. The molecule has 0 aliphatic heterocycles. The second kappa shape index (κ2) is 6.85. The Balaban J connectivity index is 2.39. The molecule has 3 nitrogen and oxygen atoms in total. The van der Waals surface area contributed by atoms with Crippen molar-refractivity contribution in [2.75, 3.05) is 6.54 Å². The predicted octanol–water partition coefficient (Wildman–Crippen LogP) is 3.88. The molecule has 1 N–H and O–H groups in total. The number of aryl methyl sites for hydroxylation is 1. The molecule has 0 saturated carbocycles. The number of nitrogens with zero attached hydrogens (tertiary/aromatic N) is 2. The minimum Gasteiger partial charge on any atom is -0.306 e. The molecule has 19 heavy (non-hydrogen) atoms. The average molecular weight is 434 g/mol. The molecule has 102 valence electrons. The van der Waals surface area contributed by atoms with E-state index in [1.165, 1.54) is 14.7 Å². The van der Waals surface area contributed by atoms with Crippen LogP contribution in [0.15, 0.2) is 35.1 Å². The summed E-state index contributed by atoms with van der Waals surface area (Å²) in [4.78, 5) is 0. The standard InChI is InChI=1S/C14H17BrIN3/c1-3-6-17-14(10-8-18-19(2)9-10)12-7-11(15)4-5-13(12)16/h4-5,7-9,14,17H,3,6H2,1-2H3. The largest absolute Gasteiger partial charge is 0.306 e. The zero-order valence-electron chi connectivity index (χ0n) is 11.0. The highest BCUT2D eigenvalue weighted by atomic mass is 127. The van der Waals surface area contributed by atoms with E-state index in [1.54, 1.807) is 0 Å². The lowest BCUT2D eigenvalue weighted by Gasteiger charge is -2.19. The topological polar surface area (TPSA) is 29.9 Å². The summed E-state index contributed by atoms with van der Waals surface area (Å²) < 4.78 is 4.22. The number of hydrogen-bond acceptors (Lipinski definition) is 2. The predicted molar refractivity (Wildman–Crippen MR) is 90.2 cm³/mol.